The number of aryl methyl sites for hydroxylation is 1. The molecule has 1 aliphatic rings. The molecule has 7 nitrogen and oxygen atoms in total. The standard InChI is InChI=1S/C16H20N4O3S/c1-13-12-15(18-20(13)14-6-3-2-4-7-14)16(21)17-8-10-19-9-5-11-24(19,22)23/h2-4,6-7,12H,5,8-11H2,1H3,(H,17,21). The lowest BCUT2D eigenvalue weighted by Crippen LogP contribution is -2.36. The van der Waals surface area contributed by atoms with Crippen molar-refractivity contribution in [1.29, 1.82) is 0 Å². The van der Waals surface area contributed by atoms with Crippen LogP contribution in [0.2, 0.25) is 0 Å². The van der Waals surface area contributed by atoms with E-state index in [1.54, 1.807) is 10.7 Å². The summed E-state index contributed by atoms with van der Waals surface area (Å²) >= 11 is 0. The Labute approximate surface area is 141 Å². The Kier molecular flexibility index (Phi) is 4.68. The molecule has 1 aromatic heterocycles. The Balaban J connectivity index is 1.62. The van der Waals surface area contributed by atoms with Crippen LogP contribution in [0.25, 0.3) is 5.69 Å². The van der Waals surface area contributed by atoms with Gasteiger partial charge < -0.3 is 5.32 Å². The van der Waals surface area contributed by atoms with Crippen LogP contribution in [0.1, 0.15) is 22.6 Å². The van der Waals surface area contributed by atoms with Gasteiger partial charge in [0.1, 0.15) is 0 Å². The summed E-state index contributed by atoms with van der Waals surface area (Å²) in [6.45, 7) is 2.98. The third-order valence-corrected chi connectivity index (χ3v) is 5.93. The third-order valence-electron chi connectivity index (χ3n) is 3.97. The first-order valence-corrected chi connectivity index (χ1v) is 9.46. The Morgan fingerprint density at radius 3 is 2.71 bits per heavy atom. The number of rotatable bonds is 5. The summed E-state index contributed by atoms with van der Waals surface area (Å²) in [5.41, 5.74) is 2.06. The summed E-state index contributed by atoms with van der Waals surface area (Å²) in [6, 6.07) is 11.3. The summed E-state index contributed by atoms with van der Waals surface area (Å²) < 4.78 is 26.5. The van der Waals surface area contributed by atoms with Crippen LogP contribution in [-0.2, 0) is 10.0 Å². The van der Waals surface area contributed by atoms with E-state index in [9.17, 15) is 13.2 Å². The van der Waals surface area contributed by atoms with Gasteiger partial charge in [0.05, 0.1) is 11.4 Å². The topological polar surface area (TPSA) is 84.3 Å². The molecule has 0 aliphatic carbocycles. The van der Waals surface area contributed by atoms with Crippen LogP contribution in [0.15, 0.2) is 36.4 Å². The van der Waals surface area contributed by atoms with Crippen molar-refractivity contribution in [3.63, 3.8) is 0 Å². The molecule has 24 heavy (non-hydrogen) atoms. The lowest BCUT2D eigenvalue weighted by atomic mass is 10.3. The minimum atomic E-state index is -3.13. The Hall–Kier alpha value is -2.19. The normalized spacial score (nSPS) is 17.0. The SMILES string of the molecule is Cc1cc(C(=O)NCCN2CCCS2(=O)=O)nn1-c1ccccc1. The minimum absolute atomic E-state index is 0.196. The second-order valence-corrected chi connectivity index (χ2v) is 7.83. The maximum Gasteiger partial charge on any atom is 0.271 e. The van der Waals surface area contributed by atoms with Crippen LogP contribution in [0, 0.1) is 6.92 Å². The highest BCUT2D eigenvalue weighted by molar-refractivity contribution is 7.89. The fourth-order valence-electron chi connectivity index (χ4n) is 2.74. The molecule has 2 heterocycles. The van der Waals surface area contributed by atoms with E-state index in [1.165, 1.54) is 4.31 Å². The Morgan fingerprint density at radius 2 is 2.04 bits per heavy atom. The van der Waals surface area contributed by atoms with E-state index in [1.807, 2.05) is 37.3 Å². The predicted octanol–water partition coefficient (Wildman–Crippen LogP) is 0.946. The van der Waals surface area contributed by atoms with Gasteiger partial charge in [-0.2, -0.15) is 5.10 Å². The van der Waals surface area contributed by atoms with Gasteiger partial charge in [-0.15, -0.1) is 0 Å². The summed E-state index contributed by atoms with van der Waals surface area (Å²) in [6.07, 6.45) is 0.650. The third kappa shape index (κ3) is 3.49. The molecule has 1 fully saturated rings. The van der Waals surface area contributed by atoms with E-state index in [4.69, 9.17) is 0 Å². The van der Waals surface area contributed by atoms with Crippen molar-refractivity contribution in [3.8, 4) is 5.69 Å². The molecule has 0 unspecified atom stereocenters. The van der Waals surface area contributed by atoms with Crippen LogP contribution in [0.4, 0.5) is 0 Å². The lowest BCUT2D eigenvalue weighted by molar-refractivity contribution is 0.0946. The van der Waals surface area contributed by atoms with E-state index in [-0.39, 0.29) is 18.2 Å². The summed E-state index contributed by atoms with van der Waals surface area (Å²) in [7, 11) is -3.13. The number of benzene rings is 1. The van der Waals surface area contributed by atoms with E-state index < -0.39 is 10.0 Å². The monoisotopic (exact) mass is 348 g/mol. The number of nitrogens with zero attached hydrogens (tertiary/aromatic N) is 3. The van der Waals surface area contributed by atoms with Gasteiger partial charge in [0.15, 0.2) is 5.69 Å². The predicted molar refractivity (Wildman–Crippen MR) is 90.6 cm³/mol. The van der Waals surface area contributed by atoms with Gasteiger partial charge in [0, 0.05) is 25.3 Å². The van der Waals surface area contributed by atoms with Crippen LogP contribution < -0.4 is 5.32 Å². The molecule has 2 aromatic rings. The van der Waals surface area contributed by atoms with Crippen molar-refractivity contribution in [1.82, 2.24) is 19.4 Å². The van der Waals surface area contributed by atoms with Crippen molar-refractivity contribution in [2.24, 2.45) is 0 Å². The van der Waals surface area contributed by atoms with Crippen molar-refractivity contribution in [2.75, 3.05) is 25.4 Å². The second-order valence-electron chi connectivity index (χ2n) is 5.74. The highest BCUT2D eigenvalue weighted by atomic mass is 32.2. The number of aromatic nitrogens is 2. The number of carbonyl (C=O) groups is 1. The molecule has 1 N–H and O–H groups in total. The molecule has 1 aliphatic heterocycles. The first kappa shape index (κ1) is 16.7. The first-order valence-electron chi connectivity index (χ1n) is 7.85. The largest absolute Gasteiger partial charge is 0.349 e. The molecule has 0 atom stereocenters. The van der Waals surface area contributed by atoms with E-state index in [0.29, 0.717) is 25.2 Å². The fourth-order valence-corrected chi connectivity index (χ4v) is 4.27. The molecule has 0 radical (unpaired) electrons. The van der Waals surface area contributed by atoms with Gasteiger partial charge in [0.25, 0.3) is 5.91 Å². The molecule has 0 spiro atoms. The van der Waals surface area contributed by atoms with Crippen LogP contribution in [-0.4, -0.2) is 53.8 Å². The maximum atomic E-state index is 12.2. The first-order chi connectivity index (χ1) is 11.5. The average molecular weight is 348 g/mol. The molecular formula is C16H20N4O3S. The highest BCUT2D eigenvalue weighted by Crippen LogP contribution is 2.13. The van der Waals surface area contributed by atoms with E-state index >= 15 is 0 Å². The van der Waals surface area contributed by atoms with Crippen molar-refractivity contribution in [2.45, 2.75) is 13.3 Å². The number of para-hydroxylation sites is 1. The van der Waals surface area contributed by atoms with Crippen molar-refractivity contribution >= 4 is 15.9 Å². The van der Waals surface area contributed by atoms with Gasteiger partial charge >= 0.3 is 0 Å². The van der Waals surface area contributed by atoms with Crippen LogP contribution in [0.3, 0.4) is 0 Å². The Bertz CT molecular complexity index is 830. The highest BCUT2D eigenvalue weighted by Gasteiger charge is 2.27. The fraction of sp³-hybridized carbons (Fsp3) is 0.375. The number of carbonyl (C=O) groups excluding carboxylic acids is 1. The molecule has 1 saturated heterocycles. The van der Waals surface area contributed by atoms with Crippen molar-refractivity contribution < 1.29 is 13.2 Å². The molecule has 0 bridgehead atoms. The molecule has 1 amide bonds. The summed E-state index contributed by atoms with van der Waals surface area (Å²) in [4.78, 5) is 12.2. The van der Waals surface area contributed by atoms with Gasteiger partial charge in [-0.1, -0.05) is 18.2 Å². The maximum absolute atomic E-state index is 12.2. The lowest BCUT2D eigenvalue weighted by Gasteiger charge is -2.13. The van der Waals surface area contributed by atoms with Gasteiger partial charge in [-0.05, 0) is 31.5 Å². The minimum Gasteiger partial charge on any atom is -0.349 e. The Morgan fingerprint density at radius 1 is 1.29 bits per heavy atom. The zero-order chi connectivity index (χ0) is 17.2. The molecule has 8 heteroatoms. The number of nitrogens with one attached hydrogen (secondary N) is 1. The molecule has 128 valence electrons. The molecule has 3 rings (SSSR count). The molecular weight excluding hydrogens is 328 g/mol. The van der Waals surface area contributed by atoms with Gasteiger partial charge in [-0.3, -0.25) is 4.79 Å². The van der Waals surface area contributed by atoms with E-state index in [2.05, 4.69) is 10.4 Å². The zero-order valence-corrected chi connectivity index (χ0v) is 14.3. The van der Waals surface area contributed by atoms with Crippen LogP contribution in [0.5, 0.6) is 0 Å². The van der Waals surface area contributed by atoms with Crippen molar-refractivity contribution in [3.05, 3.63) is 47.8 Å². The van der Waals surface area contributed by atoms with Gasteiger partial charge in [-0.25, -0.2) is 17.4 Å². The van der Waals surface area contributed by atoms with E-state index in [0.717, 1.165) is 11.4 Å². The summed E-state index contributed by atoms with van der Waals surface area (Å²) in [5.74, 6) is -0.105. The average Bonchev–Trinajstić information content (AvgIpc) is 3.11. The summed E-state index contributed by atoms with van der Waals surface area (Å²) in [5, 5.41) is 7.07. The number of hydrogen-bond donors (Lipinski definition) is 1. The molecule has 0 saturated carbocycles. The molecule has 1 aromatic carbocycles. The number of sulfonamides is 1. The zero-order valence-electron chi connectivity index (χ0n) is 13.5. The number of amides is 1. The van der Waals surface area contributed by atoms with Gasteiger partial charge in [0.2, 0.25) is 10.0 Å². The smallest absolute Gasteiger partial charge is 0.271 e. The number of hydrogen-bond acceptors (Lipinski definition) is 4. The van der Waals surface area contributed by atoms with Crippen LogP contribution >= 0.6 is 0 Å². The second kappa shape index (κ2) is 6.74. The quantitative estimate of drug-likeness (QED) is 0.872.